The number of urea groups is 1. The van der Waals surface area contributed by atoms with Gasteiger partial charge in [0.2, 0.25) is 0 Å². The van der Waals surface area contributed by atoms with E-state index in [0.717, 1.165) is 31.6 Å². The van der Waals surface area contributed by atoms with E-state index in [1.165, 1.54) is 6.07 Å². The zero-order valence-electron chi connectivity index (χ0n) is 10.9. The van der Waals surface area contributed by atoms with Gasteiger partial charge in [-0.05, 0) is 30.5 Å². The first-order chi connectivity index (χ1) is 9.65. The third-order valence-electron chi connectivity index (χ3n) is 3.82. The van der Waals surface area contributed by atoms with E-state index >= 15 is 0 Å². The fraction of sp³-hybridized carbons (Fsp3) is 0.500. The van der Waals surface area contributed by atoms with Gasteiger partial charge in [-0.2, -0.15) is 0 Å². The summed E-state index contributed by atoms with van der Waals surface area (Å²) in [7, 11) is 0. The molecule has 0 radical (unpaired) electrons. The van der Waals surface area contributed by atoms with Gasteiger partial charge in [-0.15, -0.1) is 0 Å². The monoisotopic (exact) mass is 282 g/mol. The molecule has 6 heteroatoms. The molecule has 2 amide bonds. The van der Waals surface area contributed by atoms with Gasteiger partial charge in [-0.1, -0.05) is 6.07 Å². The highest BCUT2D eigenvalue weighted by molar-refractivity contribution is 5.75. The molecule has 4 nitrogen and oxygen atoms in total. The van der Waals surface area contributed by atoms with E-state index < -0.39 is 17.7 Å². The van der Waals surface area contributed by atoms with Crippen LogP contribution in [-0.4, -0.2) is 36.7 Å². The molecule has 20 heavy (non-hydrogen) atoms. The Morgan fingerprint density at radius 2 is 2.10 bits per heavy atom. The van der Waals surface area contributed by atoms with Crippen molar-refractivity contribution < 1.29 is 18.3 Å². The molecule has 0 aliphatic carbocycles. The van der Waals surface area contributed by atoms with Crippen molar-refractivity contribution in [2.75, 3.05) is 19.7 Å². The molecule has 1 N–H and O–H groups in total. The summed E-state index contributed by atoms with van der Waals surface area (Å²) in [6.07, 6.45) is 1.28. The van der Waals surface area contributed by atoms with Gasteiger partial charge in [0.05, 0.1) is 6.04 Å². The average molecular weight is 282 g/mol. The number of halogens is 2. The quantitative estimate of drug-likeness (QED) is 0.903. The second-order valence-electron chi connectivity index (χ2n) is 5.15. The molecule has 3 rings (SSSR count). The van der Waals surface area contributed by atoms with E-state index in [-0.39, 0.29) is 12.1 Å². The number of nitrogens with zero attached hydrogens (tertiary/aromatic N) is 1. The lowest BCUT2D eigenvalue weighted by Gasteiger charge is -2.32. The largest absolute Gasteiger partial charge is 0.371 e. The lowest BCUT2D eigenvalue weighted by molar-refractivity contribution is 0.0959. The van der Waals surface area contributed by atoms with Crippen molar-refractivity contribution in [3.05, 3.63) is 35.4 Å². The standard InChI is InChI=1S/C14H16F2N2O2/c15-10-3-2-9(8-11(10)16)13-12(4-7-20-13)17-14(19)18-5-1-6-18/h2-3,8,12-13H,1,4-7H2,(H,17,19). The Balaban J connectivity index is 1.71. The molecule has 2 aliphatic heterocycles. The lowest BCUT2D eigenvalue weighted by Crippen LogP contribution is -2.51. The summed E-state index contributed by atoms with van der Waals surface area (Å²) in [5.74, 6) is -1.78. The van der Waals surface area contributed by atoms with Crippen molar-refractivity contribution in [2.45, 2.75) is 25.0 Å². The summed E-state index contributed by atoms with van der Waals surface area (Å²) < 4.78 is 31.8. The summed E-state index contributed by atoms with van der Waals surface area (Å²) >= 11 is 0. The van der Waals surface area contributed by atoms with E-state index in [1.807, 2.05) is 0 Å². The zero-order chi connectivity index (χ0) is 14.1. The Bertz CT molecular complexity index is 520. The van der Waals surface area contributed by atoms with Crippen molar-refractivity contribution in [1.29, 1.82) is 0 Å². The number of likely N-dealkylation sites (tertiary alicyclic amines) is 1. The first kappa shape index (κ1) is 13.3. The molecule has 0 bridgehead atoms. The number of rotatable bonds is 2. The first-order valence-corrected chi connectivity index (χ1v) is 6.77. The Hall–Kier alpha value is -1.69. The van der Waals surface area contributed by atoms with Crippen LogP contribution in [0.5, 0.6) is 0 Å². The SMILES string of the molecule is O=C(NC1CCOC1c1ccc(F)c(F)c1)N1CCC1. The van der Waals surface area contributed by atoms with Crippen LogP contribution in [0.25, 0.3) is 0 Å². The summed E-state index contributed by atoms with van der Waals surface area (Å²) in [6, 6.07) is 3.40. The van der Waals surface area contributed by atoms with Crippen LogP contribution in [0.15, 0.2) is 18.2 Å². The van der Waals surface area contributed by atoms with Crippen molar-refractivity contribution in [2.24, 2.45) is 0 Å². The van der Waals surface area contributed by atoms with Crippen LogP contribution in [0.4, 0.5) is 13.6 Å². The smallest absolute Gasteiger partial charge is 0.317 e. The van der Waals surface area contributed by atoms with Crippen LogP contribution in [0.1, 0.15) is 24.5 Å². The second kappa shape index (κ2) is 5.36. The van der Waals surface area contributed by atoms with Gasteiger partial charge < -0.3 is 15.0 Å². The summed E-state index contributed by atoms with van der Waals surface area (Å²) in [5, 5.41) is 2.91. The van der Waals surface area contributed by atoms with Crippen molar-refractivity contribution >= 4 is 6.03 Å². The average Bonchev–Trinajstić information content (AvgIpc) is 2.78. The highest BCUT2D eigenvalue weighted by Gasteiger charge is 2.33. The van der Waals surface area contributed by atoms with Gasteiger partial charge >= 0.3 is 6.03 Å². The molecular formula is C14H16F2N2O2. The Morgan fingerprint density at radius 1 is 1.30 bits per heavy atom. The molecular weight excluding hydrogens is 266 g/mol. The van der Waals surface area contributed by atoms with Crippen LogP contribution in [0.2, 0.25) is 0 Å². The van der Waals surface area contributed by atoms with Gasteiger partial charge in [-0.25, -0.2) is 13.6 Å². The topological polar surface area (TPSA) is 41.6 Å². The van der Waals surface area contributed by atoms with Gasteiger partial charge in [0.25, 0.3) is 0 Å². The predicted molar refractivity (Wildman–Crippen MR) is 68.2 cm³/mol. The van der Waals surface area contributed by atoms with E-state index in [1.54, 1.807) is 4.90 Å². The highest BCUT2D eigenvalue weighted by atomic mass is 19.2. The molecule has 108 valence electrons. The number of amides is 2. The van der Waals surface area contributed by atoms with Crippen LogP contribution in [-0.2, 0) is 4.74 Å². The molecule has 2 heterocycles. The molecule has 2 fully saturated rings. The number of nitrogens with one attached hydrogen (secondary N) is 1. The molecule has 2 unspecified atom stereocenters. The Labute approximate surface area is 115 Å². The van der Waals surface area contributed by atoms with Crippen LogP contribution < -0.4 is 5.32 Å². The van der Waals surface area contributed by atoms with E-state index in [0.29, 0.717) is 18.6 Å². The first-order valence-electron chi connectivity index (χ1n) is 6.77. The van der Waals surface area contributed by atoms with Crippen LogP contribution in [0, 0.1) is 11.6 Å². The fourth-order valence-electron chi connectivity index (χ4n) is 2.52. The number of carbonyl (C=O) groups is 1. The van der Waals surface area contributed by atoms with Crippen molar-refractivity contribution in [3.63, 3.8) is 0 Å². The maximum atomic E-state index is 13.3. The molecule has 2 atom stereocenters. The Morgan fingerprint density at radius 3 is 2.75 bits per heavy atom. The van der Waals surface area contributed by atoms with Crippen LogP contribution >= 0.6 is 0 Å². The van der Waals surface area contributed by atoms with Gasteiger partial charge in [0, 0.05) is 19.7 Å². The fourth-order valence-corrected chi connectivity index (χ4v) is 2.52. The van der Waals surface area contributed by atoms with Crippen LogP contribution in [0.3, 0.4) is 0 Å². The number of carbonyl (C=O) groups excluding carboxylic acids is 1. The predicted octanol–water partition coefficient (Wildman–Crippen LogP) is 2.21. The summed E-state index contributed by atoms with van der Waals surface area (Å²) in [4.78, 5) is 13.6. The molecule has 0 spiro atoms. The van der Waals surface area contributed by atoms with Gasteiger partial charge in [0.15, 0.2) is 11.6 Å². The van der Waals surface area contributed by atoms with E-state index in [4.69, 9.17) is 4.74 Å². The zero-order valence-corrected chi connectivity index (χ0v) is 10.9. The minimum absolute atomic E-state index is 0.112. The van der Waals surface area contributed by atoms with E-state index in [9.17, 15) is 13.6 Å². The maximum absolute atomic E-state index is 13.3. The molecule has 0 aromatic heterocycles. The molecule has 1 aromatic rings. The number of ether oxygens (including phenoxy) is 1. The lowest BCUT2D eigenvalue weighted by atomic mass is 10.0. The highest BCUT2D eigenvalue weighted by Crippen LogP contribution is 2.30. The van der Waals surface area contributed by atoms with Crippen molar-refractivity contribution in [1.82, 2.24) is 10.2 Å². The molecule has 2 aliphatic rings. The second-order valence-corrected chi connectivity index (χ2v) is 5.15. The summed E-state index contributed by atoms with van der Waals surface area (Å²) in [6.45, 7) is 2.04. The Kier molecular flexibility index (Phi) is 3.56. The summed E-state index contributed by atoms with van der Waals surface area (Å²) in [5.41, 5.74) is 0.551. The third kappa shape index (κ3) is 2.47. The minimum Gasteiger partial charge on any atom is -0.371 e. The molecule has 2 saturated heterocycles. The van der Waals surface area contributed by atoms with Gasteiger partial charge in [0.1, 0.15) is 6.10 Å². The van der Waals surface area contributed by atoms with Gasteiger partial charge in [-0.3, -0.25) is 0 Å². The molecule has 0 saturated carbocycles. The van der Waals surface area contributed by atoms with Crippen molar-refractivity contribution in [3.8, 4) is 0 Å². The number of hydrogen-bond acceptors (Lipinski definition) is 2. The maximum Gasteiger partial charge on any atom is 0.317 e. The minimum atomic E-state index is -0.897. The number of benzene rings is 1. The number of hydrogen-bond donors (Lipinski definition) is 1. The molecule has 1 aromatic carbocycles. The van der Waals surface area contributed by atoms with E-state index in [2.05, 4.69) is 5.32 Å². The normalized spacial score (nSPS) is 25.4. The third-order valence-corrected chi connectivity index (χ3v) is 3.82.